The average molecular weight is 260 g/mol. The molecule has 0 aromatic carbocycles. The van der Waals surface area contributed by atoms with Gasteiger partial charge in [-0.05, 0) is 37.3 Å². The third-order valence-electron chi connectivity index (χ3n) is 3.93. The Balaban J connectivity index is 2.05. The number of hydrogen-bond acceptors (Lipinski definition) is 3. The first-order valence-electron chi connectivity index (χ1n) is 7.26. The molecule has 1 atom stereocenters. The van der Waals surface area contributed by atoms with Gasteiger partial charge in [0, 0.05) is 24.8 Å². The highest BCUT2D eigenvalue weighted by atomic mass is 15.2. The van der Waals surface area contributed by atoms with Gasteiger partial charge in [-0.2, -0.15) is 0 Å². The van der Waals surface area contributed by atoms with E-state index in [2.05, 4.69) is 16.8 Å². The molecule has 2 rings (SSSR count). The lowest BCUT2D eigenvalue weighted by molar-refractivity contribution is 0.435. The van der Waals surface area contributed by atoms with E-state index in [1.807, 2.05) is 6.07 Å². The summed E-state index contributed by atoms with van der Waals surface area (Å²) in [4.78, 5) is 6.77. The van der Waals surface area contributed by atoms with E-state index in [0.29, 0.717) is 0 Å². The second-order valence-corrected chi connectivity index (χ2v) is 5.39. The standard InChI is InChI=1S/C15H24N4/c1-2-4-12-5-3-9-19(10-7-12)14-11-13(15(16)17)6-8-18-14/h6,8,11-12H,2-5,7,9-10H2,1H3,(H3,16,17). The summed E-state index contributed by atoms with van der Waals surface area (Å²) in [5.74, 6) is 1.94. The minimum absolute atomic E-state index is 0.113. The lowest BCUT2D eigenvalue weighted by Gasteiger charge is -2.22. The van der Waals surface area contributed by atoms with E-state index in [1.54, 1.807) is 12.3 Å². The number of nitrogen functional groups attached to an aromatic ring is 1. The first-order chi connectivity index (χ1) is 9.20. The molecule has 1 aromatic rings. The van der Waals surface area contributed by atoms with Gasteiger partial charge < -0.3 is 10.6 Å². The highest BCUT2D eigenvalue weighted by molar-refractivity contribution is 5.95. The zero-order valence-electron chi connectivity index (χ0n) is 11.7. The Bertz CT molecular complexity index is 430. The number of hydrogen-bond donors (Lipinski definition) is 2. The highest BCUT2D eigenvalue weighted by Gasteiger charge is 2.17. The normalized spacial score (nSPS) is 20.1. The van der Waals surface area contributed by atoms with Crippen LogP contribution in [0.3, 0.4) is 0 Å². The van der Waals surface area contributed by atoms with Crippen LogP contribution in [0.2, 0.25) is 0 Å². The molecule has 0 bridgehead atoms. The van der Waals surface area contributed by atoms with E-state index in [0.717, 1.165) is 30.4 Å². The van der Waals surface area contributed by atoms with Gasteiger partial charge in [-0.15, -0.1) is 0 Å². The Morgan fingerprint density at radius 1 is 1.47 bits per heavy atom. The molecule has 0 radical (unpaired) electrons. The molecule has 1 aliphatic rings. The van der Waals surface area contributed by atoms with Crippen LogP contribution in [0.1, 0.15) is 44.6 Å². The van der Waals surface area contributed by atoms with E-state index < -0.39 is 0 Å². The average Bonchev–Trinajstić information content (AvgIpc) is 2.65. The Morgan fingerprint density at radius 2 is 2.32 bits per heavy atom. The Labute approximate surface area is 115 Å². The maximum atomic E-state index is 7.51. The van der Waals surface area contributed by atoms with Crippen molar-refractivity contribution >= 4 is 11.7 Å². The molecule has 0 spiro atoms. The molecule has 1 fully saturated rings. The van der Waals surface area contributed by atoms with Crippen molar-refractivity contribution in [3.05, 3.63) is 23.9 Å². The number of nitrogens with one attached hydrogen (secondary N) is 1. The Hall–Kier alpha value is -1.58. The molecule has 1 aromatic heterocycles. The van der Waals surface area contributed by atoms with Crippen molar-refractivity contribution in [2.24, 2.45) is 11.7 Å². The minimum Gasteiger partial charge on any atom is -0.384 e. The van der Waals surface area contributed by atoms with Gasteiger partial charge in [-0.3, -0.25) is 5.41 Å². The summed E-state index contributed by atoms with van der Waals surface area (Å²) in [7, 11) is 0. The number of amidine groups is 1. The van der Waals surface area contributed by atoms with Gasteiger partial charge in [-0.25, -0.2) is 4.98 Å². The molecule has 4 nitrogen and oxygen atoms in total. The van der Waals surface area contributed by atoms with Crippen LogP contribution < -0.4 is 10.6 Å². The van der Waals surface area contributed by atoms with Crippen LogP contribution in [0, 0.1) is 11.3 Å². The molecule has 0 saturated carbocycles. The van der Waals surface area contributed by atoms with Gasteiger partial charge in [0.25, 0.3) is 0 Å². The van der Waals surface area contributed by atoms with Crippen molar-refractivity contribution in [2.75, 3.05) is 18.0 Å². The molecular weight excluding hydrogens is 236 g/mol. The Morgan fingerprint density at radius 3 is 3.05 bits per heavy atom. The van der Waals surface area contributed by atoms with Crippen LogP contribution in [0.15, 0.2) is 18.3 Å². The van der Waals surface area contributed by atoms with Gasteiger partial charge in [0.05, 0.1) is 0 Å². The third-order valence-corrected chi connectivity index (χ3v) is 3.93. The zero-order valence-corrected chi connectivity index (χ0v) is 11.7. The molecule has 1 aliphatic heterocycles. The topological polar surface area (TPSA) is 66.0 Å². The number of rotatable bonds is 4. The molecule has 2 heterocycles. The van der Waals surface area contributed by atoms with Gasteiger partial charge >= 0.3 is 0 Å². The summed E-state index contributed by atoms with van der Waals surface area (Å²) in [6.45, 7) is 4.40. The lowest BCUT2D eigenvalue weighted by Crippen LogP contribution is -2.25. The molecule has 1 saturated heterocycles. The van der Waals surface area contributed by atoms with Crippen LogP contribution in [0.5, 0.6) is 0 Å². The highest BCUT2D eigenvalue weighted by Crippen LogP contribution is 2.24. The van der Waals surface area contributed by atoms with Gasteiger partial charge in [0.15, 0.2) is 0 Å². The quantitative estimate of drug-likeness (QED) is 0.646. The molecular formula is C15H24N4. The summed E-state index contributed by atoms with van der Waals surface area (Å²) < 4.78 is 0. The van der Waals surface area contributed by atoms with Crippen molar-refractivity contribution < 1.29 is 0 Å². The van der Waals surface area contributed by atoms with Crippen LogP contribution in [0.4, 0.5) is 5.82 Å². The summed E-state index contributed by atoms with van der Waals surface area (Å²) in [5, 5.41) is 7.51. The second kappa shape index (κ2) is 6.55. The molecule has 0 amide bonds. The van der Waals surface area contributed by atoms with Gasteiger partial charge in [0.1, 0.15) is 11.7 Å². The lowest BCUT2D eigenvalue weighted by atomic mass is 9.96. The first kappa shape index (κ1) is 13.8. The summed E-state index contributed by atoms with van der Waals surface area (Å²) in [6.07, 6.45) is 8.19. The third kappa shape index (κ3) is 3.69. The molecule has 0 aliphatic carbocycles. The van der Waals surface area contributed by atoms with Crippen molar-refractivity contribution in [2.45, 2.75) is 39.0 Å². The fourth-order valence-corrected chi connectivity index (χ4v) is 2.85. The van der Waals surface area contributed by atoms with Crippen LogP contribution in [-0.2, 0) is 0 Å². The van der Waals surface area contributed by atoms with Crippen LogP contribution in [-0.4, -0.2) is 23.9 Å². The molecule has 1 unspecified atom stereocenters. The SMILES string of the molecule is CCCC1CCCN(c2cc(C(=N)N)ccn2)CC1. The number of anilines is 1. The number of nitrogens with two attached hydrogens (primary N) is 1. The van der Waals surface area contributed by atoms with Crippen molar-refractivity contribution in [3.8, 4) is 0 Å². The summed E-state index contributed by atoms with van der Waals surface area (Å²) in [6, 6.07) is 3.73. The molecule has 19 heavy (non-hydrogen) atoms. The predicted molar refractivity (Wildman–Crippen MR) is 79.7 cm³/mol. The summed E-state index contributed by atoms with van der Waals surface area (Å²) in [5.41, 5.74) is 6.30. The largest absolute Gasteiger partial charge is 0.384 e. The zero-order chi connectivity index (χ0) is 13.7. The maximum absolute atomic E-state index is 7.51. The summed E-state index contributed by atoms with van der Waals surface area (Å²) >= 11 is 0. The fourth-order valence-electron chi connectivity index (χ4n) is 2.85. The minimum atomic E-state index is 0.113. The number of aromatic nitrogens is 1. The molecule has 4 heteroatoms. The monoisotopic (exact) mass is 260 g/mol. The van der Waals surface area contributed by atoms with Crippen LogP contribution >= 0.6 is 0 Å². The smallest absolute Gasteiger partial charge is 0.129 e. The maximum Gasteiger partial charge on any atom is 0.129 e. The molecule has 3 N–H and O–H groups in total. The predicted octanol–water partition coefficient (Wildman–Crippen LogP) is 2.77. The Kier molecular flexibility index (Phi) is 4.77. The second-order valence-electron chi connectivity index (χ2n) is 5.39. The van der Waals surface area contributed by atoms with E-state index in [9.17, 15) is 0 Å². The van der Waals surface area contributed by atoms with E-state index in [4.69, 9.17) is 11.1 Å². The van der Waals surface area contributed by atoms with E-state index >= 15 is 0 Å². The first-order valence-corrected chi connectivity index (χ1v) is 7.26. The van der Waals surface area contributed by atoms with Gasteiger partial charge in [-0.1, -0.05) is 19.8 Å². The van der Waals surface area contributed by atoms with Gasteiger partial charge in [0.2, 0.25) is 0 Å². The fraction of sp³-hybridized carbons (Fsp3) is 0.600. The number of pyridine rings is 1. The van der Waals surface area contributed by atoms with Crippen molar-refractivity contribution in [1.82, 2.24) is 4.98 Å². The van der Waals surface area contributed by atoms with E-state index in [1.165, 1.54) is 32.1 Å². The van der Waals surface area contributed by atoms with E-state index in [-0.39, 0.29) is 5.84 Å². The molecule has 104 valence electrons. The van der Waals surface area contributed by atoms with Crippen molar-refractivity contribution in [3.63, 3.8) is 0 Å². The van der Waals surface area contributed by atoms with Crippen LogP contribution in [0.25, 0.3) is 0 Å². The number of nitrogens with zero attached hydrogens (tertiary/aromatic N) is 2. The van der Waals surface area contributed by atoms with Crippen molar-refractivity contribution in [1.29, 1.82) is 5.41 Å².